The van der Waals surface area contributed by atoms with Crippen molar-refractivity contribution >= 4 is 21.8 Å². The number of methoxy groups -OCH3 is 1. The first-order valence-corrected chi connectivity index (χ1v) is 7.14. The first kappa shape index (κ1) is 15.5. The van der Waals surface area contributed by atoms with E-state index in [4.69, 9.17) is 4.74 Å². The Kier molecular flexibility index (Phi) is 4.96. The fourth-order valence-corrected chi connectivity index (χ4v) is 2.51. The summed E-state index contributed by atoms with van der Waals surface area (Å²) in [5, 5.41) is 0. The predicted molar refractivity (Wildman–Crippen MR) is 82.9 cm³/mol. The minimum Gasteiger partial charge on any atom is -0.496 e. The highest BCUT2D eigenvalue weighted by Gasteiger charge is 2.15. The zero-order valence-electron chi connectivity index (χ0n) is 11.8. The number of hydrogen-bond donors (Lipinski definition) is 0. The van der Waals surface area contributed by atoms with E-state index in [1.807, 2.05) is 0 Å². The molecule has 2 aromatic rings. The molecule has 0 aliphatic heterocycles. The molecule has 0 unspecified atom stereocenters. The topological polar surface area (TPSA) is 29.5 Å². The van der Waals surface area contributed by atoms with Gasteiger partial charge in [-0.1, -0.05) is 18.2 Å². The maximum Gasteiger partial charge on any atom is 0.253 e. The van der Waals surface area contributed by atoms with Gasteiger partial charge in [-0.3, -0.25) is 4.79 Å². The molecule has 0 heterocycles. The molecule has 2 aromatic carbocycles. The molecule has 0 saturated carbocycles. The molecule has 0 aliphatic carbocycles. The number of ether oxygens (including phenoxy) is 1. The molecule has 5 heteroatoms. The van der Waals surface area contributed by atoms with Gasteiger partial charge in [0.2, 0.25) is 0 Å². The minimum atomic E-state index is -0.312. The lowest BCUT2D eigenvalue weighted by Crippen LogP contribution is -2.26. The standard InChI is InChI=1S/C16H15BrFNO2/c1-19(10-12-5-3-4-6-14(12)18)16(20)11-7-8-15(21-2)13(17)9-11/h3-9H,10H2,1-2H3. The number of carbonyl (C=O) groups is 1. The molecule has 21 heavy (non-hydrogen) atoms. The van der Waals surface area contributed by atoms with Crippen LogP contribution >= 0.6 is 15.9 Å². The van der Waals surface area contributed by atoms with E-state index in [0.717, 1.165) is 0 Å². The second-order valence-electron chi connectivity index (χ2n) is 4.60. The highest BCUT2D eigenvalue weighted by Crippen LogP contribution is 2.26. The van der Waals surface area contributed by atoms with Gasteiger partial charge < -0.3 is 9.64 Å². The number of nitrogens with zero attached hydrogens (tertiary/aromatic N) is 1. The van der Waals surface area contributed by atoms with Gasteiger partial charge in [0.15, 0.2) is 0 Å². The molecule has 0 spiro atoms. The van der Waals surface area contributed by atoms with Crippen molar-refractivity contribution in [2.75, 3.05) is 14.2 Å². The normalized spacial score (nSPS) is 10.3. The summed E-state index contributed by atoms with van der Waals surface area (Å²) >= 11 is 3.35. The summed E-state index contributed by atoms with van der Waals surface area (Å²) in [5.41, 5.74) is 1.00. The van der Waals surface area contributed by atoms with E-state index in [1.54, 1.807) is 50.6 Å². The number of hydrogen-bond acceptors (Lipinski definition) is 2. The fraction of sp³-hybridized carbons (Fsp3) is 0.188. The lowest BCUT2D eigenvalue weighted by Gasteiger charge is -2.18. The van der Waals surface area contributed by atoms with Crippen LogP contribution < -0.4 is 4.74 Å². The van der Waals surface area contributed by atoms with Gasteiger partial charge in [0.25, 0.3) is 5.91 Å². The van der Waals surface area contributed by atoms with Crippen molar-refractivity contribution in [3.63, 3.8) is 0 Å². The lowest BCUT2D eigenvalue weighted by atomic mass is 10.1. The summed E-state index contributed by atoms with van der Waals surface area (Å²) in [7, 11) is 3.21. The average Bonchev–Trinajstić information content (AvgIpc) is 2.48. The van der Waals surface area contributed by atoms with E-state index in [2.05, 4.69) is 15.9 Å². The summed E-state index contributed by atoms with van der Waals surface area (Å²) in [4.78, 5) is 13.8. The lowest BCUT2D eigenvalue weighted by molar-refractivity contribution is 0.0783. The van der Waals surface area contributed by atoms with Crippen molar-refractivity contribution in [2.45, 2.75) is 6.54 Å². The first-order chi connectivity index (χ1) is 10.0. The van der Waals surface area contributed by atoms with E-state index in [9.17, 15) is 9.18 Å². The second kappa shape index (κ2) is 6.72. The molecule has 2 rings (SSSR count). The summed E-state index contributed by atoms with van der Waals surface area (Å²) in [5.74, 6) is 0.165. The van der Waals surface area contributed by atoms with E-state index in [-0.39, 0.29) is 18.3 Å². The zero-order chi connectivity index (χ0) is 15.4. The summed E-state index contributed by atoms with van der Waals surface area (Å²) < 4.78 is 19.5. The van der Waals surface area contributed by atoms with Crippen LogP contribution in [0.1, 0.15) is 15.9 Å². The molecule has 0 N–H and O–H groups in total. The van der Waals surface area contributed by atoms with Crippen LogP contribution in [-0.4, -0.2) is 25.0 Å². The van der Waals surface area contributed by atoms with E-state index in [0.29, 0.717) is 21.3 Å². The van der Waals surface area contributed by atoms with Crippen molar-refractivity contribution in [1.29, 1.82) is 0 Å². The molecule has 0 radical (unpaired) electrons. The van der Waals surface area contributed by atoms with Gasteiger partial charge in [-0.15, -0.1) is 0 Å². The Labute approximate surface area is 131 Å². The molecule has 0 fully saturated rings. The smallest absolute Gasteiger partial charge is 0.253 e. The Balaban J connectivity index is 2.16. The Morgan fingerprint density at radius 2 is 2.00 bits per heavy atom. The van der Waals surface area contributed by atoms with Crippen LogP contribution in [0.5, 0.6) is 5.75 Å². The molecule has 1 amide bonds. The van der Waals surface area contributed by atoms with Crippen LogP contribution in [0.4, 0.5) is 4.39 Å². The summed E-state index contributed by atoms with van der Waals surface area (Å²) in [6.45, 7) is 0.217. The Bertz CT molecular complexity index is 660. The molecule has 0 bridgehead atoms. The first-order valence-electron chi connectivity index (χ1n) is 6.35. The van der Waals surface area contributed by atoms with Crippen LogP contribution in [0.2, 0.25) is 0 Å². The Morgan fingerprint density at radius 3 is 2.62 bits per heavy atom. The van der Waals surface area contributed by atoms with Crippen LogP contribution in [0.25, 0.3) is 0 Å². The minimum absolute atomic E-state index is 0.179. The van der Waals surface area contributed by atoms with Crippen molar-refractivity contribution in [3.8, 4) is 5.75 Å². The van der Waals surface area contributed by atoms with Crippen molar-refractivity contribution in [2.24, 2.45) is 0 Å². The average molecular weight is 352 g/mol. The molecule has 110 valence electrons. The molecule has 0 atom stereocenters. The number of rotatable bonds is 4. The highest BCUT2D eigenvalue weighted by atomic mass is 79.9. The van der Waals surface area contributed by atoms with Gasteiger partial charge in [0.1, 0.15) is 11.6 Å². The van der Waals surface area contributed by atoms with Gasteiger partial charge in [0, 0.05) is 24.7 Å². The number of halogens is 2. The third-order valence-corrected chi connectivity index (χ3v) is 3.73. The monoisotopic (exact) mass is 351 g/mol. The van der Waals surface area contributed by atoms with Gasteiger partial charge in [-0.05, 0) is 40.2 Å². The molecular formula is C16H15BrFNO2. The second-order valence-corrected chi connectivity index (χ2v) is 5.46. The molecule has 0 aliphatic rings. The van der Waals surface area contributed by atoms with Crippen LogP contribution in [0, 0.1) is 5.82 Å². The fourth-order valence-electron chi connectivity index (χ4n) is 1.97. The maximum atomic E-state index is 13.6. The SMILES string of the molecule is COc1ccc(C(=O)N(C)Cc2ccccc2F)cc1Br. The van der Waals surface area contributed by atoms with Crippen molar-refractivity contribution in [1.82, 2.24) is 4.90 Å². The number of benzene rings is 2. The summed E-state index contributed by atoms with van der Waals surface area (Å²) in [6.07, 6.45) is 0. The van der Waals surface area contributed by atoms with Crippen LogP contribution in [0.3, 0.4) is 0 Å². The Morgan fingerprint density at radius 1 is 1.29 bits per heavy atom. The zero-order valence-corrected chi connectivity index (χ0v) is 13.4. The van der Waals surface area contributed by atoms with Crippen molar-refractivity contribution < 1.29 is 13.9 Å². The van der Waals surface area contributed by atoms with Crippen molar-refractivity contribution in [3.05, 3.63) is 63.9 Å². The van der Waals surface area contributed by atoms with Gasteiger partial charge >= 0.3 is 0 Å². The summed E-state index contributed by atoms with van der Waals surface area (Å²) in [6, 6.07) is 11.5. The maximum absolute atomic E-state index is 13.6. The van der Waals surface area contributed by atoms with E-state index in [1.165, 1.54) is 11.0 Å². The van der Waals surface area contributed by atoms with E-state index >= 15 is 0 Å². The molecular weight excluding hydrogens is 337 g/mol. The molecule has 0 aromatic heterocycles. The molecule has 0 saturated heterocycles. The van der Waals surface area contributed by atoms with Gasteiger partial charge in [-0.25, -0.2) is 4.39 Å². The van der Waals surface area contributed by atoms with Crippen LogP contribution in [0.15, 0.2) is 46.9 Å². The number of amides is 1. The van der Waals surface area contributed by atoms with Gasteiger partial charge in [0.05, 0.1) is 11.6 Å². The quantitative estimate of drug-likeness (QED) is 0.836. The molecule has 3 nitrogen and oxygen atoms in total. The largest absolute Gasteiger partial charge is 0.496 e. The van der Waals surface area contributed by atoms with Crippen LogP contribution in [-0.2, 0) is 6.54 Å². The highest BCUT2D eigenvalue weighted by molar-refractivity contribution is 9.10. The third kappa shape index (κ3) is 3.61. The Hall–Kier alpha value is -1.88. The third-order valence-electron chi connectivity index (χ3n) is 3.11. The van der Waals surface area contributed by atoms with Gasteiger partial charge in [-0.2, -0.15) is 0 Å². The van der Waals surface area contributed by atoms with E-state index < -0.39 is 0 Å². The predicted octanol–water partition coefficient (Wildman–Crippen LogP) is 3.87. The number of carbonyl (C=O) groups excluding carboxylic acids is 1.